The van der Waals surface area contributed by atoms with Crippen LogP contribution < -0.4 is 0 Å². The van der Waals surface area contributed by atoms with Crippen molar-refractivity contribution in [3.63, 3.8) is 0 Å². The van der Waals surface area contributed by atoms with E-state index in [9.17, 15) is 121 Å². The molecule has 0 aromatic carbocycles. The number of carbonyl (C=O) groups is 5. The number of aldehydes is 1. The fourth-order valence-corrected chi connectivity index (χ4v) is 21.9. The van der Waals surface area contributed by atoms with Gasteiger partial charge >= 0.3 is 23.9 Å². The van der Waals surface area contributed by atoms with Crippen LogP contribution in [0, 0.1) is 50.2 Å². The third-order valence-corrected chi connectivity index (χ3v) is 29.1. The van der Waals surface area contributed by atoms with Crippen molar-refractivity contribution in [2.24, 2.45) is 50.2 Å². The zero-order valence-corrected chi connectivity index (χ0v) is 69.1. The molecule has 696 valence electrons. The Morgan fingerprint density at radius 2 is 0.959 bits per heavy atom. The number of ether oxygens (including phenoxy) is 18. The summed E-state index contributed by atoms with van der Waals surface area (Å²) >= 11 is 0. The number of rotatable bonds is 22. The lowest BCUT2D eigenvalue weighted by molar-refractivity contribution is -0.398. The molecule has 0 bridgehead atoms. The highest BCUT2D eigenvalue weighted by atomic mass is 16.8. The third kappa shape index (κ3) is 17.3. The predicted molar refractivity (Wildman–Crippen MR) is 394 cm³/mol. The van der Waals surface area contributed by atoms with Gasteiger partial charge in [0.25, 0.3) is 0 Å². The normalized spacial score (nSPS) is 52.7. The number of hydrogen-bond donors (Lipinski definition) is 20. The SMILES string of the molecule is CC(=O)OCC1OC(OC2C(OC(C)=O)C(C)OC(OC(=O)C34CCC(C)(C)CC3C3=CCC5C6(C)CCC(OC7OC(C(=O)O)C(O)C(O)C7OC7OC(CO)C(O)C(O)C7O)C(C)(C=O)C6CCC5(C)C3(C)CC4O)C2OC2OC(C)C(OC3OCC(O)C(O)C3OC3OCC(O)C(O)C3OC3OCC(O)C(O)C3O)C(O)C2O)C(O)C(O)C1O. The van der Waals surface area contributed by atoms with E-state index in [2.05, 4.69) is 26.8 Å². The molecular weight excluding hydrogens is 1640 g/mol. The highest BCUT2D eigenvalue weighted by Gasteiger charge is 2.74. The van der Waals surface area contributed by atoms with E-state index in [1.165, 1.54) is 13.8 Å². The summed E-state index contributed by atoms with van der Waals surface area (Å²) in [5, 5.41) is 223. The van der Waals surface area contributed by atoms with Crippen LogP contribution in [0.1, 0.15) is 127 Å². The Labute approximate surface area is 700 Å². The van der Waals surface area contributed by atoms with Crippen LogP contribution >= 0.6 is 0 Å². The number of aliphatic hydroxyl groups excluding tert-OH is 19. The van der Waals surface area contributed by atoms with Crippen molar-refractivity contribution in [3.05, 3.63) is 11.6 Å². The van der Waals surface area contributed by atoms with Crippen molar-refractivity contribution in [1.29, 1.82) is 0 Å². The molecule has 0 aromatic rings. The van der Waals surface area contributed by atoms with Gasteiger partial charge in [0.2, 0.25) is 6.29 Å². The number of allylic oxidation sites excluding steroid dienone is 2. The van der Waals surface area contributed by atoms with Crippen LogP contribution in [0.4, 0.5) is 0 Å². The Morgan fingerprint density at radius 1 is 0.459 bits per heavy atom. The summed E-state index contributed by atoms with van der Waals surface area (Å²) in [5.74, 6) is -6.15. The average molecular weight is 1760 g/mol. The lowest BCUT2D eigenvalue weighted by atomic mass is 9.33. The number of fused-ring (bicyclic) bond motifs is 7. The minimum Gasteiger partial charge on any atom is -0.479 e. The van der Waals surface area contributed by atoms with Gasteiger partial charge in [-0.1, -0.05) is 53.2 Å². The second-order valence-electron chi connectivity index (χ2n) is 37.1. The molecule has 5 aliphatic carbocycles. The molecule has 12 fully saturated rings. The van der Waals surface area contributed by atoms with Crippen LogP contribution in [-0.2, 0) is 109 Å². The molecule has 43 nitrogen and oxygen atoms in total. The van der Waals surface area contributed by atoms with E-state index in [0.29, 0.717) is 38.5 Å². The molecule has 8 heterocycles. The molecule has 4 saturated carbocycles. The zero-order chi connectivity index (χ0) is 89.2. The Balaban J connectivity index is 0.791. The lowest BCUT2D eigenvalue weighted by Crippen LogP contribution is -2.69. The number of esters is 3. The molecule has 0 amide bonds. The highest BCUT2D eigenvalue weighted by Crippen LogP contribution is 2.76. The van der Waals surface area contributed by atoms with Crippen LogP contribution in [0.5, 0.6) is 0 Å². The van der Waals surface area contributed by atoms with Crippen LogP contribution in [0.15, 0.2) is 11.6 Å². The van der Waals surface area contributed by atoms with Crippen molar-refractivity contribution in [2.75, 3.05) is 33.0 Å². The van der Waals surface area contributed by atoms with E-state index in [0.717, 1.165) is 25.7 Å². The van der Waals surface area contributed by atoms with Gasteiger partial charge in [-0.25, -0.2) is 4.79 Å². The summed E-state index contributed by atoms with van der Waals surface area (Å²) in [6, 6.07) is 0. The Hall–Kier alpha value is -4.07. The van der Waals surface area contributed by atoms with E-state index in [1.807, 2.05) is 13.8 Å². The van der Waals surface area contributed by atoms with Gasteiger partial charge in [-0.3, -0.25) is 14.4 Å². The number of carboxylic acids is 1. The molecule has 8 aliphatic heterocycles. The average Bonchev–Trinajstić information content (AvgIpc) is 0.668. The summed E-state index contributed by atoms with van der Waals surface area (Å²) in [7, 11) is 0. The topological polar surface area (TPSA) is 656 Å². The van der Waals surface area contributed by atoms with E-state index < -0.39 is 341 Å². The predicted octanol–water partition coefficient (Wildman–Crippen LogP) is -7.38. The summed E-state index contributed by atoms with van der Waals surface area (Å²) in [4.78, 5) is 68.7. The number of hydrogen-bond acceptors (Lipinski definition) is 42. The van der Waals surface area contributed by atoms with Gasteiger partial charge in [0.15, 0.2) is 62.3 Å². The smallest absolute Gasteiger partial charge is 0.335 e. The first-order chi connectivity index (χ1) is 57.2. The van der Waals surface area contributed by atoms with Crippen molar-refractivity contribution in [3.8, 4) is 0 Å². The first kappa shape index (κ1) is 95.5. The van der Waals surface area contributed by atoms with E-state index in [1.54, 1.807) is 6.92 Å². The van der Waals surface area contributed by atoms with E-state index in [4.69, 9.17) is 85.3 Å². The van der Waals surface area contributed by atoms with Crippen molar-refractivity contribution >= 4 is 30.2 Å². The maximum atomic E-state index is 16.5. The highest BCUT2D eigenvalue weighted by molar-refractivity contribution is 5.80. The standard InChI is InChI=1S/C79H122O43/c1-27-56(115-69-60(44(90)35(86)23-107-69)119-70-59(43(89)34(85)24-108-70)117-65-52(98)42(88)33(84)22-106-65)51(97)55(101)66(109-27)121-63-62(120-68-54(100)48(94)46(92)37(113-68)25-105-29(3)82)57(111-30(4)83)28(2)110-72(63)122-73(104)79-18-17-74(5,6)19-32(79)31-11-12-39-75(7)15-14-41(76(8,26-81)38(75)13-16-77(39,9)78(31,10)20-40(79)87)114-71-61(50(96)49(95)58(116-71)64(102)103)118-67-53(99)47(93)45(91)36(21-80)112-67/h11,26-28,32-63,65-72,80,84-101H,12-25H2,1-10H3,(H,102,103). The largest absolute Gasteiger partial charge is 0.479 e. The molecule has 47 atom stereocenters. The lowest BCUT2D eigenvalue weighted by Gasteiger charge is -2.71. The van der Waals surface area contributed by atoms with Gasteiger partial charge in [-0.15, -0.1) is 0 Å². The molecule has 13 aliphatic rings. The summed E-state index contributed by atoms with van der Waals surface area (Å²) in [6.45, 7) is 13.4. The minimum absolute atomic E-state index is 0.000856. The fraction of sp³-hybridized carbons (Fsp3) is 0.911. The molecule has 0 aromatic heterocycles. The number of carboxylic acid groups (broad SMARTS) is 1. The maximum absolute atomic E-state index is 16.5. The van der Waals surface area contributed by atoms with Crippen LogP contribution in [0.25, 0.3) is 0 Å². The minimum atomic E-state index is -2.29. The van der Waals surface area contributed by atoms with Crippen LogP contribution in [-0.4, -0.2) is 405 Å². The summed E-state index contributed by atoms with van der Waals surface area (Å²) in [5.41, 5.74) is -5.36. The van der Waals surface area contributed by atoms with Crippen molar-refractivity contribution in [2.45, 2.75) is 367 Å². The first-order valence-corrected chi connectivity index (χ1v) is 41.7. The summed E-state index contributed by atoms with van der Waals surface area (Å²) < 4.78 is 109. The molecule has 122 heavy (non-hydrogen) atoms. The number of aliphatic carboxylic acids is 1. The van der Waals surface area contributed by atoms with Gasteiger partial charge in [0, 0.05) is 13.8 Å². The van der Waals surface area contributed by atoms with Gasteiger partial charge in [-0.2, -0.15) is 0 Å². The van der Waals surface area contributed by atoms with Gasteiger partial charge in [-0.05, 0) is 111 Å². The van der Waals surface area contributed by atoms with Crippen molar-refractivity contribution in [1.82, 2.24) is 0 Å². The Morgan fingerprint density at radius 3 is 1.55 bits per heavy atom. The van der Waals surface area contributed by atoms with Gasteiger partial charge in [0.1, 0.15) is 165 Å². The maximum Gasteiger partial charge on any atom is 0.335 e. The molecule has 47 unspecified atom stereocenters. The number of carbonyl (C=O) groups excluding carboxylic acids is 4. The van der Waals surface area contributed by atoms with Crippen molar-refractivity contribution < 1.29 is 211 Å². The number of aliphatic hydroxyl groups is 19. The molecule has 43 heteroatoms. The Kier molecular flexibility index (Phi) is 28.7. The van der Waals surface area contributed by atoms with Crippen LogP contribution in [0.2, 0.25) is 0 Å². The fourth-order valence-electron chi connectivity index (χ4n) is 21.9. The molecular formula is C79H122O43. The molecule has 20 N–H and O–H groups in total. The van der Waals surface area contributed by atoms with E-state index in [-0.39, 0.29) is 25.2 Å². The zero-order valence-electron chi connectivity index (χ0n) is 69.1. The monoisotopic (exact) mass is 1760 g/mol. The second kappa shape index (κ2) is 36.7. The molecule has 13 rings (SSSR count). The summed E-state index contributed by atoms with van der Waals surface area (Å²) in [6.07, 6.45) is -67.7. The quantitative estimate of drug-likeness (QED) is 0.0157. The molecule has 0 radical (unpaired) electrons. The van der Waals surface area contributed by atoms with Gasteiger partial charge in [0.05, 0.1) is 56.3 Å². The first-order valence-electron chi connectivity index (χ1n) is 41.7. The molecule has 8 saturated heterocycles. The third-order valence-electron chi connectivity index (χ3n) is 29.1. The van der Waals surface area contributed by atoms with Gasteiger partial charge < -0.3 is 192 Å². The Bertz CT molecular complexity index is 3670. The second-order valence-corrected chi connectivity index (χ2v) is 37.1. The van der Waals surface area contributed by atoms with E-state index >= 15 is 4.79 Å². The van der Waals surface area contributed by atoms with Crippen LogP contribution in [0.3, 0.4) is 0 Å². The molecule has 0 spiro atoms.